The van der Waals surface area contributed by atoms with E-state index in [1.54, 1.807) is 0 Å². The van der Waals surface area contributed by atoms with Gasteiger partial charge < -0.3 is 15.2 Å². The van der Waals surface area contributed by atoms with Crippen LogP contribution in [0.3, 0.4) is 0 Å². The molecule has 0 spiro atoms. The molecule has 12 heavy (non-hydrogen) atoms. The number of rotatable bonds is 5. The molecule has 0 aliphatic carbocycles. The van der Waals surface area contributed by atoms with Gasteiger partial charge in [-0.1, -0.05) is 0 Å². The van der Waals surface area contributed by atoms with E-state index in [0.717, 1.165) is 0 Å². The first-order valence-electron chi connectivity index (χ1n) is 3.59. The second kappa shape index (κ2) is 5.54. The summed E-state index contributed by atoms with van der Waals surface area (Å²) in [5, 5.41) is 10.7. The van der Waals surface area contributed by atoms with E-state index in [1.165, 1.54) is 14.0 Å². The first kappa shape index (κ1) is 10.9. The Kier molecular flexibility index (Phi) is 5.03. The van der Waals surface area contributed by atoms with Crippen molar-refractivity contribution in [2.24, 2.45) is 0 Å². The molecule has 0 aliphatic rings. The van der Waals surface area contributed by atoms with Crippen molar-refractivity contribution in [3.63, 3.8) is 0 Å². The summed E-state index contributed by atoms with van der Waals surface area (Å²) in [4.78, 5) is 21.1. The van der Waals surface area contributed by atoms with Crippen LogP contribution in [-0.2, 0) is 14.3 Å². The predicted octanol–water partition coefficient (Wildman–Crippen LogP) is -0.388. The molecular weight excluding hydrogens is 162 g/mol. The van der Waals surface area contributed by atoms with E-state index in [9.17, 15) is 9.59 Å². The van der Waals surface area contributed by atoms with Crippen LogP contribution < -0.4 is 5.32 Å². The lowest BCUT2D eigenvalue weighted by Gasteiger charge is -2.08. The summed E-state index contributed by atoms with van der Waals surface area (Å²) in [6, 6.07) is -0.839. The largest absolute Gasteiger partial charge is 0.480 e. The maximum Gasteiger partial charge on any atom is 0.325 e. The van der Waals surface area contributed by atoms with E-state index in [1.807, 2.05) is 0 Å². The molecule has 0 bridgehead atoms. The summed E-state index contributed by atoms with van der Waals surface area (Å²) in [6.45, 7) is 1.71. The Morgan fingerprint density at radius 1 is 1.58 bits per heavy atom. The van der Waals surface area contributed by atoms with E-state index in [2.05, 4.69) is 10.1 Å². The number of ether oxygens (including phenoxy) is 1. The number of amides is 1. The molecule has 70 valence electrons. The summed E-state index contributed by atoms with van der Waals surface area (Å²) >= 11 is 0. The quantitative estimate of drug-likeness (QED) is 0.596. The minimum Gasteiger partial charge on any atom is -0.480 e. The van der Waals surface area contributed by atoms with Crippen LogP contribution in [0.25, 0.3) is 0 Å². The van der Waals surface area contributed by atoms with Crippen molar-refractivity contribution < 1.29 is 19.4 Å². The molecule has 0 saturated heterocycles. The molecule has 0 aliphatic heterocycles. The first-order chi connectivity index (χ1) is 5.57. The number of aliphatic carboxylic acids is 1. The number of carboxylic acids is 1. The number of carbonyl (C=O) groups is 2. The average molecular weight is 175 g/mol. The van der Waals surface area contributed by atoms with E-state index in [-0.39, 0.29) is 12.3 Å². The van der Waals surface area contributed by atoms with Gasteiger partial charge in [-0.2, -0.15) is 0 Å². The Hall–Kier alpha value is -1.10. The van der Waals surface area contributed by atoms with Gasteiger partial charge in [-0.05, 0) is 6.92 Å². The van der Waals surface area contributed by atoms with Gasteiger partial charge in [-0.15, -0.1) is 0 Å². The lowest BCUT2D eigenvalue weighted by atomic mass is 10.3. The molecule has 0 heterocycles. The van der Waals surface area contributed by atoms with Crippen LogP contribution in [-0.4, -0.2) is 36.7 Å². The van der Waals surface area contributed by atoms with Crippen molar-refractivity contribution in [3.8, 4) is 0 Å². The molecule has 0 unspecified atom stereocenters. The highest BCUT2D eigenvalue weighted by molar-refractivity contribution is 5.83. The second-order valence-electron chi connectivity index (χ2n) is 2.37. The average Bonchev–Trinajstić information content (AvgIpc) is 2.00. The Morgan fingerprint density at radius 3 is 2.58 bits per heavy atom. The zero-order valence-electron chi connectivity index (χ0n) is 7.16. The maximum atomic E-state index is 10.9. The second-order valence-corrected chi connectivity index (χ2v) is 2.37. The van der Waals surface area contributed by atoms with Crippen molar-refractivity contribution in [1.29, 1.82) is 0 Å². The number of hydrogen-bond acceptors (Lipinski definition) is 3. The SMILES string of the molecule is COCCC(=O)N[C@@H](C)C(=O)O. The van der Waals surface area contributed by atoms with Gasteiger partial charge in [0.1, 0.15) is 6.04 Å². The van der Waals surface area contributed by atoms with E-state index in [4.69, 9.17) is 5.11 Å². The van der Waals surface area contributed by atoms with Crippen LogP contribution in [0.2, 0.25) is 0 Å². The first-order valence-corrected chi connectivity index (χ1v) is 3.59. The van der Waals surface area contributed by atoms with Crippen molar-refractivity contribution in [2.45, 2.75) is 19.4 Å². The zero-order valence-corrected chi connectivity index (χ0v) is 7.16. The molecule has 0 rings (SSSR count). The fourth-order valence-electron chi connectivity index (χ4n) is 0.570. The molecule has 1 atom stereocenters. The highest BCUT2D eigenvalue weighted by atomic mass is 16.5. The van der Waals surface area contributed by atoms with E-state index >= 15 is 0 Å². The number of carbonyl (C=O) groups excluding carboxylic acids is 1. The van der Waals surface area contributed by atoms with Crippen molar-refractivity contribution in [2.75, 3.05) is 13.7 Å². The molecule has 2 N–H and O–H groups in total. The van der Waals surface area contributed by atoms with Gasteiger partial charge in [0.15, 0.2) is 0 Å². The number of nitrogens with one attached hydrogen (secondary N) is 1. The Balaban J connectivity index is 3.61. The summed E-state index contributed by atoms with van der Waals surface area (Å²) in [5.74, 6) is -1.35. The zero-order chi connectivity index (χ0) is 9.56. The van der Waals surface area contributed by atoms with Crippen LogP contribution >= 0.6 is 0 Å². The lowest BCUT2D eigenvalue weighted by molar-refractivity contribution is -0.141. The van der Waals surface area contributed by atoms with Gasteiger partial charge in [0.25, 0.3) is 0 Å². The van der Waals surface area contributed by atoms with Crippen molar-refractivity contribution in [1.82, 2.24) is 5.32 Å². The van der Waals surface area contributed by atoms with Gasteiger partial charge in [-0.3, -0.25) is 9.59 Å². The van der Waals surface area contributed by atoms with Crippen LogP contribution in [0.1, 0.15) is 13.3 Å². The Bertz CT molecular complexity index is 169. The van der Waals surface area contributed by atoms with Crippen LogP contribution in [0.4, 0.5) is 0 Å². The number of carboxylic acid groups (broad SMARTS) is 1. The number of methoxy groups -OCH3 is 1. The van der Waals surface area contributed by atoms with Crippen LogP contribution in [0.5, 0.6) is 0 Å². The normalized spacial score (nSPS) is 12.2. The topological polar surface area (TPSA) is 75.6 Å². The van der Waals surface area contributed by atoms with Gasteiger partial charge >= 0.3 is 5.97 Å². The molecular formula is C7H13NO4. The summed E-state index contributed by atoms with van der Waals surface area (Å²) in [5.41, 5.74) is 0. The molecule has 0 aromatic carbocycles. The molecule has 0 aromatic rings. The third kappa shape index (κ3) is 4.68. The fraction of sp³-hybridized carbons (Fsp3) is 0.714. The predicted molar refractivity (Wildman–Crippen MR) is 41.7 cm³/mol. The lowest BCUT2D eigenvalue weighted by Crippen LogP contribution is -2.38. The summed E-state index contributed by atoms with van der Waals surface area (Å²) in [7, 11) is 1.48. The molecule has 1 amide bonds. The maximum absolute atomic E-state index is 10.9. The van der Waals surface area contributed by atoms with Gasteiger partial charge in [0, 0.05) is 13.5 Å². The van der Waals surface area contributed by atoms with E-state index in [0.29, 0.717) is 6.61 Å². The Labute approximate surface area is 70.7 Å². The molecule has 5 heteroatoms. The minimum atomic E-state index is -1.04. The standard InChI is InChI=1S/C7H13NO4/c1-5(7(10)11)8-6(9)3-4-12-2/h5H,3-4H2,1-2H3,(H,8,9)(H,10,11)/t5-/m0/s1. The minimum absolute atomic E-state index is 0.189. The summed E-state index contributed by atoms with van der Waals surface area (Å²) < 4.78 is 4.65. The van der Waals surface area contributed by atoms with Crippen LogP contribution in [0, 0.1) is 0 Å². The summed E-state index contributed by atoms with van der Waals surface area (Å²) in [6.07, 6.45) is 0.189. The fourth-order valence-corrected chi connectivity index (χ4v) is 0.570. The molecule has 5 nitrogen and oxygen atoms in total. The highest BCUT2D eigenvalue weighted by Crippen LogP contribution is 1.85. The van der Waals surface area contributed by atoms with Crippen molar-refractivity contribution in [3.05, 3.63) is 0 Å². The van der Waals surface area contributed by atoms with Crippen LogP contribution in [0.15, 0.2) is 0 Å². The third-order valence-electron chi connectivity index (χ3n) is 1.28. The molecule has 0 saturated carbocycles. The smallest absolute Gasteiger partial charge is 0.325 e. The molecule has 0 radical (unpaired) electrons. The Morgan fingerprint density at radius 2 is 2.17 bits per heavy atom. The van der Waals surface area contributed by atoms with Gasteiger partial charge in [-0.25, -0.2) is 0 Å². The van der Waals surface area contributed by atoms with E-state index < -0.39 is 12.0 Å². The molecule has 0 fully saturated rings. The van der Waals surface area contributed by atoms with Gasteiger partial charge in [0.2, 0.25) is 5.91 Å². The monoisotopic (exact) mass is 175 g/mol. The van der Waals surface area contributed by atoms with Gasteiger partial charge in [0.05, 0.1) is 6.61 Å². The number of hydrogen-bond donors (Lipinski definition) is 2. The highest BCUT2D eigenvalue weighted by Gasteiger charge is 2.12. The molecule has 0 aromatic heterocycles. The van der Waals surface area contributed by atoms with Crippen molar-refractivity contribution >= 4 is 11.9 Å². The third-order valence-corrected chi connectivity index (χ3v) is 1.28.